The fourth-order valence-electron chi connectivity index (χ4n) is 4.32. The van der Waals surface area contributed by atoms with Crippen LogP contribution in [0.5, 0.6) is 0 Å². The summed E-state index contributed by atoms with van der Waals surface area (Å²) in [4.78, 5) is 23.8. The Balaban J connectivity index is 1.36. The van der Waals surface area contributed by atoms with Crippen LogP contribution in [0.2, 0.25) is 0 Å². The zero-order valence-electron chi connectivity index (χ0n) is 20.8. The minimum atomic E-state index is -3.54. The van der Waals surface area contributed by atoms with E-state index in [2.05, 4.69) is 20.8 Å². The first-order valence-electron chi connectivity index (χ1n) is 12.3. The van der Waals surface area contributed by atoms with Crippen LogP contribution in [0.4, 0.5) is 11.6 Å². The maximum Gasteiger partial charge on any atom is 0.335 e. The third-order valence-corrected chi connectivity index (χ3v) is 8.23. The van der Waals surface area contributed by atoms with Crippen molar-refractivity contribution in [1.29, 1.82) is 0 Å². The molecule has 11 nitrogen and oxygen atoms in total. The van der Waals surface area contributed by atoms with Crippen LogP contribution in [0.1, 0.15) is 23.2 Å². The van der Waals surface area contributed by atoms with Crippen molar-refractivity contribution >= 4 is 33.9 Å². The average molecular weight is 547 g/mol. The number of carbonyl (C=O) groups excluding carboxylic acids is 1. The third-order valence-electron chi connectivity index (χ3n) is 6.32. The zero-order chi connectivity index (χ0) is 27.4. The van der Waals surface area contributed by atoms with Gasteiger partial charge in [0.2, 0.25) is 11.9 Å². The molecule has 0 bridgehead atoms. The molecule has 39 heavy (non-hydrogen) atoms. The molecule has 12 heteroatoms. The van der Waals surface area contributed by atoms with Gasteiger partial charge in [-0.15, -0.1) is 14.5 Å². The molecule has 1 fully saturated rings. The number of carboxylic acids is 1. The molecule has 4 aromatic rings. The largest absolute Gasteiger partial charge is 0.593 e. The molecule has 0 aliphatic carbocycles. The van der Waals surface area contributed by atoms with Crippen molar-refractivity contribution in [2.45, 2.75) is 17.7 Å². The van der Waals surface area contributed by atoms with Crippen LogP contribution in [0.3, 0.4) is 0 Å². The highest BCUT2D eigenvalue weighted by Gasteiger charge is 2.32. The van der Waals surface area contributed by atoms with Crippen molar-refractivity contribution in [2.24, 2.45) is 0 Å². The molecule has 1 aliphatic rings. The summed E-state index contributed by atoms with van der Waals surface area (Å²) >= 11 is 0. The number of rotatable bonds is 9. The van der Waals surface area contributed by atoms with Crippen LogP contribution < -0.4 is 10.6 Å². The molecule has 2 heterocycles. The molecular formula is C27H26N6O5S. The van der Waals surface area contributed by atoms with E-state index in [1.54, 1.807) is 28.8 Å². The van der Waals surface area contributed by atoms with Crippen molar-refractivity contribution in [2.75, 3.05) is 30.3 Å². The lowest BCUT2D eigenvalue weighted by Gasteiger charge is -2.22. The highest BCUT2D eigenvalue weighted by atomic mass is 32.3. The number of carbonyl (C=O) groups is 2. The molecule has 0 saturated carbocycles. The van der Waals surface area contributed by atoms with Gasteiger partial charge in [0.25, 0.3) is 0 Å². The summed E-state index contributed by atoms with van der Waals surface area (Å²) in [6.45, 7) is 0.935. The molecule has 1 aromatic heterocycles. The van der Waals surface area contributed by atoms with E-state index in [9.17, 15) is 18.4 Å². The van der Waals surface area contributed by atoms with Crippen LogP contribution >= 0.6 is 0 Å². The second-order valence-corrected chi connectivity index (χ2v) is 10.9. The molecule has 1 unspecified atom stereocenters. The van der Waals surface area contributed by atoms with Gasteiger partial charge in [-0.05, 0) is 73.5 Å². The van der Waals surface area contributed by atoms with E-state index < -0.39 is 16.4 Å². The van der Waals surface area contributed by atoms with Crippen molar-refractivity contribution < 1.29 is 23.5 Å². The molecule has 0 spiro atoms. The van der Waals surface area contributed by atoms with Gasteiger partial charge in [-0.25, -0.2) is 4.79 Å². The summed E-state index contributed by atoms with van der Waals surface area (Å²) in [5, 5.41) is 23.3. The minimum Gasteiger partial charge on any atom is -0.593 e. The van der Waals surface area contributed by atoms with Gasteiger partial charge in [0, 0.05) is 24.3 Å². The summed E-state index contributed by atoms with van der Waals surface area (Å²) in [6.07, 6.45) is 1.73. The lowest BCUT2D eigenvalue weighted by Crippen LogP contribution is -2.33. The maximum atomic E-state index is 12.9. The predicted octanol–water partition coefficient (Wildman–Crippen LogP) is 3.68. The van der Waals surface area contributed by atoms with Gasteiger partial charge >= 0.3 is 5.97 Å². The average Bonchev–Trinajstić information content (AvgIpc) is 3.64. The summed E-state index contributed by atoms with van der Waals surface area (Å²) in [6, 6.07) is 21.7. The predicted molar refractivity (Wildman–Crippen MR) is 145 cm³/mol. The minimum absolute atomic E-state index is 0.122. The van der Waals surface area contributed by atoms with Gasteiger partial charge < -0.3 is 20.3 Å². The Bertz CT molecular complexity index is 1520. The zero-order valence-corrected chi connectivity index (χ0v) is 21.6. The van der Waals surface area contributed by atoms with Crippen LogP contribution in [0.15, 0.2) is 83.8 Å². The second-order valence-electron chi connectivity index (χ2n) is 8.94. The normalized spacial score (nSPS) is 15.0. The molecule has 5 rings (SSSR count). The molecule has 1 saturated heterocycles. The van der Waals surface area contributed by atoms with E-state index >= 15 is 0 Å². The summed E-state index contributed by atoms with van der Waals surface area (Å²) in [7, 11) is -3.54. The first kappa shape index (κ1) is 26.2. The van der Waals surface area contributed by atoms with Crippen LogP contribution in [-0.4, -0.2) is 60.2 Å². The Morgan fingerprint density at radius 3 is 2.23 bits per heavy atom. The molecule has 1 aliphatic heterocycles. The second kappa shape index (κ2) is 11.2. The number of aromatic nitrogens is 3. The standard InChI is InChI=1S/C27H26N6O5S/c34-24(29-21-12-8-20(9-13-21)26(35)36)18-28-27-31-30-25(33(27)22-6-2-1-3-7-22)19-10-14-23(15-11-19)39(37,38)32-16-4-5-17-32/h1-3,6-15H,4-5,16-18H2,(H3-,28,29,31,34,35,36,37,38). The van der Waals surface area contributed by atoms with E-state index in [0.717, 1.165) is 18.5 Å². The number of hydrogen-bond acceptors (Lipinski definition) is 7. The first-order chi connectivity index (χ1) is 18.8. The van der Waals surface area contributed by atoms with Gasteiger partial charge in [-0.2, -0.15) is 0 Å². The Morgan fingerprint density at radius 1 is 0.923 bits per heavy atom. The molecule has 0 radical (unpaired) electrons. The van der Waals surface area contributed by atoms with Gasteiger partial charge in [-0.1, -0.05) is 22.4 Å². The monoisotopic (exact) mass is 546 g/mol. The van der Waals surface area contributed by atoms with Crippen molar-refractivity contribution in [3.8, 4) is 17.1 Å². The number of aromatic carboxylic acids is 1. The van der Waals surface area contributed by atoms with Gasteiger partial charge in [-0.3, -0.25) is 9.36 Å². The Morgan fingerprint density at radius 2 is 1.59 bits per heavy atom. The molecule has 3 aromatic carbocycles. The number of anilines is 2. The van der Waals surface area contributed by atoms with E-state index in [0.29, 0.717) is 36.1 Å². The highest BCUT2D eigenvalue weighted by molar-refractivity contribution is 7.95. The Hall–Kier alpha value is -4.39. The summed E-state index contributed by atoms with van der Waals surface area (Å²) in [5.41, 5.74) is 1.98. The number of nitrogens with one attached hydrogen (secondary N) is 2. The van der Waals surface area contributed by atoms with Gasteiger partial charge in [0.15, 0.2) is 21.1 Å². The highest BCUT2D eigenvalue weighted by Crippen LogP contribution is 2.29. The summed E-state index contributed by atoms with van der Waals surface area (Å²) < 4.78 is 29.1. The van der Waals surface area contributed by atoms with E-state index in [4.69, 9.17) is 5.11 Å². The Labute approximate surface area is 225 Å². The number of carboxylic acid groups (broad SMARTS) is 1. The number of sulfonamides is 1. The third kappa shape index (κ3) is 5.72. The van der Waals surface area contributed by atoms with Crippen molar-refractivity contribution in [1.82, 2.24) is 19.1 Å². The van der Waals surface area contributed by atoms with Crippen LogP contribution in [-0.2, 0) is 19.4 Å². The first-order valence-corrected chi connectivity index (χ1v) is 13.8. The van der Waals surface area contributed by atoms with Crippen molar-refractivity contribution in [3.63, 3.8) is 0 Å². The topological polar surface area (TPSA) is 153 Å². The molecule has 200 valence electrons. The summed E-state index contributed by atoms with van der Waals surface area (Å²) in [5.74, 6) is -0.619. The van der Waals surface area contributed by atoms with E-state index in [-0.39, 0.29) is 22.9 Å². The van der Waals surface area contributed by atoms with Crippen LogP contribution in [0.25, 0.3) is 17.1 Å². The molecule has 1 amide bonds. The van der Waals surface area contributed by atoms with Crippen molar-refractivity contribution in [3.05, 3.63) is 84.4 Å². The molecule has 1 atom stereocenters. The van der Waals surface area contributed by atoms with Crippen LogP contribution in [0, 0.1) is 0 Å². The fourth-order valence-corrected chi connectivity index (χ4v) is 5.84. The number of amides is 1. The smallest absolute Gasteiger partial charge is 0.335 e. The number of nitrogens with zero attached hydrogens (tertiary/aromatic N) is 4. The SMILES string of the molecule is O=C(CNc1nnc(-c2ccc([S+](=O)([O-])N3CCCC3)cc2)n1-c1ccccc1)Nc1ccc(C(=O)O)cc1. The maximum absolute atomic E-state index is 12.9. The Kier molecular flexibility index (Phi) is 7.50. The van der Waals surface area contributed by atoms with E-state index in [1.807, 2.05) is 30.3 Å². The van der Waals surface area contributed by atoms with Gasteiger partial charge in [0.05, 0.1) is 17.8 Å². The number of benzene rings is 3. The number of para-hydroxylation sites is 1. The van der Waals surface area contributed by atoms with Gasteiger partial charge in [0.1, 0.15) is 0 Å². The number of hydrogen-bond donors (Lipinski definition) is 3. The van der Waals surface area contributed by atoms with E-state index in [1.165, 1.54) is 28.6 Å². The lowest BCUT2D eigenvalue weighted by atomic mass is 10.2. The lowest BCUT2D eigenvalue weighted by molar-refractivity contribution is -0.114. The molecule has 3 N–H and O–H groups in total. The fraction of sp³-hybridized carbons (Fsp3) is 0.185. The molecular weight excluding hydrogens is 520 g/mol. The quantitative estimate of drug-likeness (QED) is 0.269.